The molecule has 0 spiro atoms. The van der Waals surface area contributed by atoms with Gasteiger partial charge in [-0.3, -0.25) is 9.36 Å². The molecule has 3 aromatic rings. The minimum absolute atomic E-state index is 0.0154. The fraction of sp³-hybridized carbons (Fsp3) is 0.316. The summed E-state index contributed by atoms with van der Waals surface area (Å²) in [7, 11) is 0. The summed E-state index contributed by atoms with van der Waals surface area (Å²) in [6, 6.07) is 9.61. The smallest absolute Gasteiger partial charge is 0.254 e. The number of aromatic nitrogens is 3. The second kappa shape index (κ2) is 7.80. The van der Waals surface area contributed by atoms with Crippen LogP contribution in [0.15, 0.2) is 53.7 Å². The lowest BCUT2D eigenvalue weighted by atomic mass is 10.1. The lowest BCUT2D eigenvalue weighted by Crippen LogP contribution is -2.36. The van der Waals surface area contributed by atoms with Crippen LogP contribution >= 0.6 is 11.3 Å². The molecule has 7 heteroatoms. The summed E-state index contributed by atoms with van der Waals surface area (Å²) < 4.78 is 7.55. The molecule has 6 nitrogen and oxygen atoms in total. The molecule has 1 amide bonds. The van der Waals surface area contributed by atoms with Crippen LogP contribution in [-0.2, 0) is 11.3 Å². The van der Waals surface area contributed by atoms with E-state index in [-0.39, 0.29) is 12.0 Å². The van der Waals surface area contributed by atoms with Crippen molar-refractivity contribution >= 4 is 17.2 Å². The number of thiophene rings is 1. The summed E-state index contributed by atoms with van der Waals surface area (Å²) in [5.74, 6) is 0.0154. The Morgan fingerprint density at radius 1 is 1.31 bits per heavy atom. The zero-order valence-electron chi connectivity index (χ0n) is 14.3. The summed E-state index contributed by atoms with van der Waals surface area (Å²) >= 11 is 1.65. The number of benzene rings is 1. The van der Waals surface area contributed by atoms with E-state index >= 15 is 0 Å². The van der Waals surface area contributed by atoms with E-state index in [0.29, 0.717) is 18.7 Å². The monoisotopic (exact) mass is 368 g/mol. The highest BCUT2D eigenvalue weighted by Crippen LogP contribution is 2.19. The third kappa shape index (κ3) is 3.84. The highest BCUT2D eigenvalue weighted by molar-refractivity contribution is 7.07. The molecule has 26 heavy (non-hydrogen) atoms. The van der Waals surface area contributed by atoms with Gasteiger partial charge in [0.25, 0.3) is 5.91 Å². The molecule has 1 saturated heterocycles. The first-order valence-electron chi connectivity index (χ1n) is 8.66. The van der Waals surface area contributed by atoms with Crippen molar-refractivity contribution < 1.29 is 9.53 Å². The summed E-state index contributed by atoms with van der Waals surface area (Å²) in [4.78, 5) is 15.1. The minimum atomic E-state index is 0.0154. The average molecular weight is 368 g/mol. The Balaban J connectivity index is 1.57. The van der Waals surface area contributed by atoms with Crippen LogP contribution in [-0.4, -0.2) is 44.8 Å². The summed E-state index contributed by atoms with van der Waals surface area (Å²) in [6.07, 6.45) is 5.44. The fourth-order valence-corrected chi connectivity index (χ4v) is 3.83. The first-order valence-corrected chi connectivity index (χ1v) is 9.61. The van der Waals surface area contributed by atoms with Crippen LogP contribution < -0.4 is 0 Å². The van der Waals surface area contributed by atoms with E-state index in [1.54, 1.807) is 28.6 Å². The first-order chi connectivity index (χ1) is 12.8. The number of nitrogens with zero attached hydrogens (tertiary/aromatic N) is 4. The van der Waals surface area contributed by atoms with Crippen molar-refractivity contribution in [1.82, 2.24) is 19.7 Å². The van der Waals surface area contributed by atoms with Gasteiger partial charge in [0.15, 0.2) is 0 Å². The van der Waals surface area contributed by atoms with Gasteiger partial charge in [-0.15, -0.1) is 10.2 Å². The molecule has 1 aromatic carbocycles. The molecular formula is C19H20N4O2S. The van der Waals surface area contributed by atoms with Crippen molar-refractivity contribution in [2.24, 2.45) is 0 Å². The molecule has 1 fully saturated rings. The van der Waals surface area contributed by atoms with Crippen molar-refractivity contribution in [1.29, 1.82) is 0 Å². The lowest BCUT2D eigenvalue weighted by Gasteiger charge is -2.25. The van der Waals surface area contributed by atoms with Gasteiger partial charge >= 0.3 is 0 Å². The Hall–Kier alpha value is -2.51. The molecule has 0 saturated carbocycles. The van der Waals surface area contributed by atoms with Gasteiger partial charge in [0.2, 0.25) is 0 Å². The quantitative estimate of drug-likeness (QED) is 0.671. The molecule has 0 unspecified atom stereocenters. The molecule has 4 rings (SSSR count). The topological polar surface area (TPSA) is 60.2 Å². The van der Waals surface area contributed by atoms with Crippen molar-refractivity contribution in [2.45, 2.75) is 25.5 Å². The summed E-state index contributed by atoms with van der Waals surface area (Å²) in [5.41, 5.74) is 2.68. The number of ether oxygens (including phenoxy) is 1. The molecule has 1 aliphatic rings. The van der Waals surface area contributed by atoms with Crippen molar-refractivity contribution in [3.63, 3.8) is 0 Å². The largest absolute Gasteiger partial charge is 0.376 e. The van der Waals surface area contributed by atoms with E-state index in [2.05, 4.69) is 21.6 Å². The Labute approximate surface area is 156 Å². The Morgan fingerprint density at radius 3 is 2.92 bits per heavy atom. The predicted molar refractivity (Wildman–Crippen MR) is 99.4 cm³/mol. The highest BCUT2D eigenvalue weighted by atomic mass is 32.1. The number of rotatable bonds is 6. The van der Waals surface area contributed by atoms with Gasteiger partial charge in [-0.2, -0.15) is 11.3 Å². The highest BCUT2D eigenvalue weighted by Gasteiger charge is 2.24. The fourth-order valence-electron chi connectivity index (χ4n) is 3.17. The van der Waals surface area contributed by atoms with E-state index in [0.717, 1.165) is 30.7 Å². The summed E-state index contributed by atoms with van der Waals surface area (Å²) in [6.45, 7) is 2.00. The summed E-state index contributed by atoms with van der Waals surface area (Å²) in [5, 5.41) is 11.8. The maximum Gasteiger partial charge on any atom is 0.254 e. The van der Waals surface area contributed by atoms with Gasteiger partial charge < -0.3 is 9.64 Å². The molecule has 134 valence electrons. The number of amides is 1. The van der Waals surface area contributed by atoms with Gasteiger partial charge in [0.05, 0.1) is 6.10 Å². The SMILES string of the molecule is O=C(c1cccc(-n2cnnc2)c1)N(Cc1ccsc1)C[C@@H]1CCCO1. The number of carbonyl (C=O) groups is 1. The zero-order chi connectivity index (χ0) is 17.8. The number of hydrogen-bond acceptors (Lipinski definition) is 5. The molecule has 1 aliphatic heterocycles. The molecular weight excluding hydrogens is 348 g/mol. The van der Waals surface area contributed by atoms with E-state index in [4.69, 9.17) is 4.74 Å². The molecule has 1 atom stereocenters. The second-order valence-corrected chi connectivity index (χ2v) is 7.15. The van der Waals surface area contributed by atoms with Gasteiger partial charge in [0, 0.05) is 30.9 Å². The van der Waals surface area contributed by atoms with Crippen LogP contribution in [0.2, 0.25) is 0 Å². The average Bonchev–Trinajstić information content (AvgIpc) is 3.43. The van der Waals surface area contributed by atoms with Crippen LogP contribution in [0.5, 0.6) is 0 Å². The Kier molecular flexibility index (Phi) is 5.08. The van der Waals surface area contributed by atoms with Crippen LogP contribution in [0, 0.1) is 0 Å². The maximum atomic E-state index is 13.2. The Morgan fingerprint density at radius 2 is 2.19 bits per heavy atom. The Bertz CT molecular complexity index is 842. The van der Waals surface area contributed by atoms with Crippen molar-refractivity contribution in [3.8, 4) is 5.69 Å². The maximum absolute atomic E-state index is 13.2. The third-order valence-corrected chi connectivity index (χ3v) is 5.23. The number of hydrogen-bond donors (Lipinski definition) is 0. The third-order valence-electron chi connectivity index (χ3n) is 4.50. The van der Waals surface area contributed by atoms with Gasteiger partial charge in [-0.05, 0) is 53.4 Å². The molecule has 0 aliphatic carbocycles. The van der Waals surface area contributed by atoms with Gasteiger partial charge in [0.1, 0.15) is 12.7 Å². The van der Waals surface area contributed by atoms with Crippen LogP contribution in [0.1, 0.15) is 28.8 Å². The van der Waals surface area contributed by atoms with Gasteiger partial charge in [-0.25, -0.2) is 0 Å². The minimum Gasteiger partial charge on any atom is -0.376 e. The molecule has 0 bridgehead atoms. The van der Waals surface area contributed by atoms with E-state index in [1.807, 2.05) is 34.5 Å². The van der Waals surface area contributed by atoms with E-state index in [1.165, 1.54) is 0 Å². The molecule has 3 heterocycles. The first kappa shape index (κ1) is 16.9. The molecule has 0 N–H and O–H groups in total. The normalized spacial score (nSPS) is 16.7. The van der Waals surface area contributed by atoms with Gasteiger partial charge in [-0.1, -0.05) is 6.07 Å². The lowest BCUT2D eigenvalue weighted by molar-refractivity contribution is 0.0507. The molecule has 0 radical (unpaired) electrons. The van der Waals surface area contributed by atoms with Crippen molar-refractivity contribution in [3.05, 3.63) is 64.9 Å². The zero-order valence-corrected chi connectivity index (χ0v) is 15.1. The van der Waals surface area contributed by atoms with Crippen LogP contribution in [0.3, 0.4) is 0 Å². The second-order valence-electron chi connectivity index (χ2n) is 6.37. The number of carbonyl (C=O) groups excluding carboxylic acids is 1. The van der Waals surface area contributed by atoms with Crippen LogP contribution in [0.4, 0.5) is 0 Å². The van der Waals surface area contributed by atoms with E-state index in [9.17, 15) is 4.79 Å². The predicted octanol–water partition coefficient (Wildman–Crippen LogP) is 3.15. The molecule has 2 aromatic heterocycles. The van der Waals surface area contributed by atoms with E-state index < -0.39 is 0 Å². The van der Waals surface area contributed by atoms with Crippen molar-refractivity contribution in [2.75, 3.05) is 13.2 Å². The standard InChI is InChI=1S/C19H20N4O2S/c24-19(16-3-1-4-17(9-16)23-13-20-21-14-23)22(10-15-6-8-26-12-15)11-18-5-2-7-25-18/h1,3-4,6,8-9,12-14,18H,2,5,7,10-11H2/t18-/m0/s1. The van der Waals surface area contributed by atoms with Crippen LogP contribution in [0.25, 0.3) is 5.69 Å².